The number of ether oxygens (including phenoxy) is 1. The van der Waals surface area contributed by atoms with Crippen molar-refractivity contribution < 1.29 is 14.6 Å². The summed E-state index contributed by atoms with van der Waals surface area (Å²) in [5.41, 5.74) is 2.59. The summed E-state index contributed by atoms with van der Waals surface area (Å²) in [5, 5.41) is 12.4. The molecule has 2 aromatic carbocycles. The molecule has 1 aliphatic rings. The van der Waals surface area contributed by atoms with Crippen LogP contribution in [0.5, 0.6) is 5.75 Å². The monoisotopic (exact) mass is 312 g/mol. The number of hydrogen-bond acceptors (Lipinski definition) is 4. The molecule has 0 saturated heterocycles. The van der Waals surface area contributed by atoms with E-state index in [2.05, 4.69) is 5.32 Å². The molecule has 1 heterocycles. The Hall–Kier alpha value is -2.53. The van der Waals surface area contributed by atoms with E-state index in [0.29, 0.717) is 13.0 Å². The molecule has 3 rings (SSSR count). The van der Waals surface area contributed by atoms with Gasteiger partial charge in [0.05, 0.1) is 18.5 Å². The molecule has 0 spiro atoms. The maximum atomic E-state index is 12.9. The van der Waals surface area contributed by atoms with Gasteiger partial charge in [0.25, 0.3) is 5.91 Å². The molecule has 1 unspecified atom stereocenters. The van der Waals surface area contributed by atoms with E-state index in [-0.39, 0.29) is 12.5 Å². The Morgan fingerprint density at radius 1 is 1.22 bits per heavy atom. The Bertz CT molecular complexity index is 688. The van der Waals surface area contributed by atoms with E-state index in [0.717, 1.165) is 22.7 Å². The van der Waals surface area contributed by atoms with Crippen LogP contribution in [0.25, 0.3) is 0 Å². The van der Waals surface area contributed by atoms with Gasteiger partial charge in [-0.25, -0.2) is 0 Å². The largest absolute Gasteiger partial charge is 0.497 e. The molecule has 120 valence electrons. The molecule has 5 heteroatoms. The van der Waals surface area contributed by atoms with Gasteiger partial charge in [-0.15, -0.1) is 0 Å². The summed E-state index contributed by atoms with van der Waals surface area (Å²) in [6.45, 7) is 0.540. The second kappa shape index (κ2) is 6.71. The first-order valence-electron chi connectivity index (χ1n) is 7.66. The fourth-order valence-corrected chi connectivity index (χ4v) is 2.82. The van der Waals surface area contributed by atoms with Gasteiger partial charge in [-0.1, -0.05) is 30.3 Å². The lowest BCUT2D eigenvalue weighted by Crippen LogP contribution is -2.43. The number of benzene rings is 2. The average Bonchev–Trinajstić information content (AvgIpc) is 2.61. The van der Waals surface area contributed by atoms with E-state index in [1.807, 2.05) is 48.5 Å². The van der Waals surface area contributed by atoms with Crippen LogP contribution in [0.15, 0.2) is 48.5 Å². The van der Waals surface area contributed by atoms with Crippen LogP contribution in [0, 0.1) is 0 Å². The van der Waals surface area contributed by atoms with Gasteiger partial charge in [0.2, 0.25) is 0 Å². The number of aliphatic hydroxyl groups is 1. The van der Waals surface area contributed by atoms with E-state index in [9.17, 15) is 4.79 Å². The molecule has 23 heavy (non-hydrogen) atoms. The van der Waals surface area contributed by atoms with Crippen LogP contribution in [-0.4, -0.2) is 31.3 Å². The zero-order valence-corrected chi connectivity index (χ0v) is 13.0. The van der Waals surface area contributed by atoms with Crippen molar-refractivity contribution in [3.8, 4) is 5.75 Å². The predicted octanol–water partition coefficient (Wildman–Crippen LogP) is 2.58. The molecular formula is C18H20N2O3. The zero-order valence-electron chi connectivity index (χ0n) is 13.0. The quantitative estimate of drug-likeness (QED) is 0.891. The van der Waals surface area contributed by atoms with Crippen LogP contribution in [-0.2, 0) is 4.79 Å². The highest BCUT2D eigenvalue weighted by molar-refractivity contribution is 6.05. The summed E-state index contributed by atoms with van der Waals surface area (Å²) >= 11 is 0. The standard InChI is InChI=1S/C18H20N2O3/c1-23-14-8-9-16-15(12-14)19-17(13-6-3-2-4-7-13)18(22)20(16)10-5-11-21/h2-4,6-9,12,17,19,21H,5,10-11H2,1H3. The minimum Gasteiger partial charge on any atom is -0.497 e. The average molecular weight is 312 g/mol. The Morgan fingerprint density at radius 3 is 2.70 bits per heavy atom. The topological polar surface area (TPSA) is 61.8 Å². The maximum absolute atomic E-state index is 12.9. The van der Waals surface area contributed by atoms with Crippen molar-refractivity contribution in [1.82, 2.24) is 0 Å². The number of carbonyl (C=O) groups is 1. The number of rotatable bonds is 5. The van der Waals surface area contributed by atoms with Gasteiger partial charge in [0.1, 0.15) is 11.8 Å². The van der Waals surface area contributed by atoms with Crippen LogP contribution in [0.2, 0.25) is 0 Å². The minimum atomic E-state index is -0.436. The highest BCUT2D eigenvalue weighted by Crippen LogP contribution is 2.38. The molecule has 2 N–H and O–H groups in total. The van der Waals surface area contributed by atoms with Crippen LogP contribution < -0.4 is 15.0 Å². The Balaban J connectivity index is 2.01. The van der Waals surface area contributed by atoms with Crippen molar-refractivity contribution in [2.75, 3.05) is 30.5 Å². The van der Waals surface area contributed by atoms with Crippen molar-refractivity contribution >= 4 is 17.3 Å². The first-order valence-corrected chi connectivity index (χ1v) is 7.66. The van der Waals surface area contributed by atoms with Gasteiger partial charge >= 0.3 is 0 Å². The number of amides is 1. The number of nitrogens with one attached hydrogen (secondary N) is 1. The molecule has 5 nitrogen and oxygen atoms in total. The van der Waals surface area contributed by atoms with Crippen LogP contribution in [0.3, 0.4) is 0 Å². The predicted molar refractivity (Wildman–Crippen MR) is 89.9 cm³/mol. The summed E-state index contributed by atoms with van der Waals surface area (Å²) < 4.78 is 5.28. The molecular weight excluding hydrogens is 292 g/mol. The van der Waals surface area contributed by atoms with Crippen LogP contribution >= 0.6 is 0 Å². The molecule has 0 aromatic heterocycles. The summed E-state index contributed by atoms with van der Waals surface area (Å²) in [4.78, 5) is 14.6. The fourth-order valence-electron chi connectivity index (χ4n) is 2.82. The van der Waals surface area contributed by atoms with Crippen molar-refractivity contribution in [1.29, 1.82) is 0 Å². The van der Waals surface area contributed by atoms with Gasteiger partial charge in [-0.05, 0) is 24.1 Å². The Kier molecular flexibility index (Phi) is 4.48. The molecule has 0 fully saturated rings. The second-order valence-corrected chi connectivity index (χ2v) is 5.44. The summed E-state index contributed by atoms with van der Waals surface area (Å²) in [6, 6.07) is 14.8. The highest BCUT2D eigenvalue weighted by Gasteiger charge is 2.33. The van der Waals surface area contributed by atoms with Gasteiger partial charge < -0.3 is 20.1 Å². The van der Waals surface area contributed by atoms with Crippen molar-refractivity contribution in [2.24, 2.45) is 0 Å². The van der Waals surface area contributed by atoms with E-state index >= 15 is 0 Å². The van der Waals surface area contributed by atoms with Crippen molar-refractivity contribution in [3.63, 3.8) is 0 Å². The molecule has 1 aliphatic heterocycles. The summed E-state index contributed by atoms with van der Waals surface area (Å²) in [7, 11) is 1.62. The Morgan fingerprint density at radius 2 is 2.00 bits per heavy atom. The molecule has 0 aliphatic carbocycles. The number of nitrogens with zero attached hydrogens (tertiary/aromatic N) is 1. The third kappa shape index (κ3) is 3.00. The number of hydrogen-bond donors (Lipinski definition) is 2. The van der Waals surface area contributed by atoms with Crippen LogP contribution in [0.4, 0.5) is 11.4 Å². The van der Waals surface area contributed by atoms with E-state index in [1.54, 1.807) is 12.0 Å². The maximum Gasteiger partial charge on any atom is 0.254 e. The first kappa shape index (κ1) is 15.4. The van der Waals surface area contributed by atoms with Gasteiger partial charge in [-0.2, -0.15) is 0 Å². The third-order valence-corrected chi connectivity index (χ3v) is 3.98. The number of methoxy groups -OCH3 is 1. The number of anilines is 2. The van der Waals surface area contributed by atoms with Gasteiger partial charge in [0.15, 0.2) is 0 Å². The van der Waals surface area contributed by atoms with Gasteiger partial charge in [0, 0.05) is 19.2 Å². The van der Waals surface area contributed by atoms with E-state index < -0.39 is 6.04 Å². The highest BCUT2D eigenvalue weighted by atomic mass is 16.5. The number of aliphatic hydroxyl groups excluding tert-OH is 1. The third-order valence-electron chi connectivity index (χ3n) is 3.98. The molecule has 2 aromatic rings. The normalized spacial score (nSPS) is 16.7. The van der Waals surface area contributed by atoms with Crippen molar-refractivity contribution in [2.45, 2.75) is 12.5 Å². The SMILES string of the molecule is COc1ccc2c(c1)NC(c1ccccc1)C(=O)N2CCCO. The second-order valence-electron chi connectivity index (χ2n) is 5.44. The number of fused-ring (bicyclic) bond motifs is 1. The molecule has 1 atom stereocenters. The Labute approximate surface area is 135 Å². The lowest BCUT2D eigenvalue weighted by molar-refractivity contribution is -0.119. The van der Waals surface area contributed by atoms with E-state index in [4.69, 9.17) is 9.84 Å². The number of carbonyl (C=O) groups excluding carboxylic acids is 1. The minimum absolute atomic E-state index is 0.0117. The van der Waals surface area contributed by atoms with Crippen LogP contribution in [0.1, 0.15) is 18.0 Å². The first-order chi connectivity index (χ1) is 11.2. The summed E-state index contributed by atoms with van der Waals surface area (Å²) in [5.74, 6) is 0.724. The molecule has 0 saturated carbocycles. The lowest BCUT2D eigenvalue weighted by Gasteiger charge is -2.35. The van der Waals surface area contributed by atoms with Gasteiger partial charge in [-0.3, -0.25) is 4.79 Å². The summed E-state index contributed by atoms with van der Waals surface area (Å²) in [6.07, 6.45) is 0.540. The zero-order chi connectivity index (χ0) is 16.2. The molecule has 1 amide bonds. The molecule has 0 radical (unpaired) electrons. The lowest BCUT2D eigenvalue weighted by atomic mass is 10.0. The van der Waals surface area contributed by atoms with E-state index in [1.165, 1.54) is 0 Å². The fraction of sp³-hybridized carbons (Fsp3) is 0.278. The van der Waals surface area contributed by atoms with Crippen molar-refractivity contribution in [3.05, 3.63) is 54.1 Å². The molecule has 0 bridgehead atoms. The smallest absolute Gasteiger partial charge is 0.254 e.